The minimum Gasteiger partial charge on any atom is -0.448 e. The molecule has 2 heterocycles. The van der Waals surface area contributed by atoms with Crippen LogP contribution in [0.1, 0.15) is 29.0 Å². The van der Waals surface area contributed by atoms with E-state index in [1.54, 1.807) is 4.90 Å². The maximum atomic E-state index is 11.7. The van der Waals surface area contributed by atoms with Crippen LogP contribution >= 0.6 is 0 Å². The second-order valence-electron chi connectivity index (χ2n) is 5.37. The summed E-state index contributed by atoms with van der Waals surface area (Å²) in [6, 6.07) is 6.28. The highest BCUT2D eigenvalue weighted by atomic mass is 16.3. The molecule has 1 N–H and O–H groups in total. The predicted octanol–water partition coefficient (Wildman–Crippen LogP) is 2.18. The number of aromatic nitrogens is 1. The molecule has 0 spiro atoms. The number of benzene rings is 1. The molecule has 0 unspecified atom stereocenters. The van der Waals surface area contributed by atoms with Crippen LogP contribution < -0.4 is 10.2 Å². The fourth-order valence-corrected chi connectivity index (χ4v) is 2.64. The Balaban J connectivity index is 1.65. The lowest BCUT2D eigenvalue weighted by atomic mass is 9.99. The first kappa shape index (κ1) is 13.8. The van der Waals surface area contributed by atoms with Gasteiger partial charge in [0.25, 0.3) is 0 Å². The smallest absolute Gasteiger partial charge is 0.227 e. The van der Waals surface area contributed by atoms with Gasteiger partial charge in [-0.1, -0.05) is 12.1 Å². The van der Waals surface area contributed by atoms with Gasteiger partial charge in [0.15, 0.2) is 6.39 Å². The van der Waals surface area contributed by atoms with Gasteiger partial charge >= 0.3 is 0 Å². The van der Waals surface area contributed by atoms with Crippen LogP contribution in [0.25, 0.3) is 0 Å². The van der Waals surface area contributed by atoms with Crippen LogP contribution in [0.4, 0.5) is 5.69 Å². The van der Waals surface area contributed by atoms with Crippen molar-refractivity contribution < 1.29 is 9.21 Å². The summed E-state index contributed by atoms with van der Waals surface area (Å²) in [7, 11) is 1.84. The standard InChI is InChI=1S/C16H19N3O2/c1-11-14(18-10-21-11)9-17-8-12-3-5-15-13(7-12)4-6-16(20)19(15)2/h3,5,7,10,17H,4,6,8-9H2,1-2H3. The number of hydrogen-bond acceptors (Lipinski definition) is 4. The van der Waals surface area contributed by atoms with E-state index >= 15 is 0 Å². The zero-order valence-corrected chi connectivity index (χ0v) is 12.3. The molecule has 2 aromatic rings. The molecule has 0 saturated heterocycles. The number of aryl methyl sites for hydroxylation is 2. The van der Waals surface area contributed by atoms with Crippen molar-refractivity contribution >= 4 is 11.6 Å². The molecule has 21 heavy (non-hydrogen) atoms. The number of anilines is 1. The molecule has 0 aliphatic carbocycles. The van der Waals surface area contributed by atoms with Crippen LogP contribution in [-0.2, 0) is 24.3 Å². The third kappa shape index (κ3) is 2.83. The average Bonchev–Trinajstić information content (AvgIpc) is 2.89. The van der Waals surface area contributed by atoms with E-state index in [0.29, 0.717) is 13.0 Å². The molecule has 0 atom stereocenters. The van der Waals surface area contributed by atoms with E-state index in [1.807, 2.05) is 20.0 Å². The summed E-state index contributed by atoms with van der Waals surface area (Å²) in [4.78, 5) is 17.6. The molecule has 5 heteroatoms. The molecule has 1 aromatic carbocycles. The fraction of sp³-hybridized carbons (Fsp3) is 0.375. The zero-order valence-electron chi connectivity index (χ0n) is 12.3. The Kier molecular flexibility index (Phi) is 3.75. The molecule has 0 fully saturated rings. The monoisotopic (exact) mass is 285 g/mol. The summed E-state index contributed by atoms with van der Waals surface area (Å²) in [6.07, 6.45) is 2.89. The Labute approximate surface area is 124 Å². The molecule has 5 nitrogen and oxygen atoms in total. The molecule has 1 aromatic heterocycles. The van der Waals surface area contributed by atoms with Crippen LogP contribution in [-0.4, -0.2) is 17.9 Å². The Hall–Kier alpha value is -2.14. The number of nitrogens with one attached hydrogen (secondary N) is 1. The highest BCUT2D eigenvalue weighted by molar-refractivity contribution is 5.95. The summed E-state index contributed by atoms with van der Waals surface area (Å²) in [5.41, 5.74) is 4.44. The Morgan fingerprint density at radius 2 is 2.19 bits per heavy atom. The summed E-state index contributed by atoms with van der Waals surface area (Å²) in [5, 5.41) is 3.37. The second kappa shape index (κ2) is 5.69. The lowest BCUT2D eigenvalue weighted by Gasteiger charge is -2.26. The second-order valence-corrected chi connectivity index (χ2v) is 5.37. The third-order valence-electron chi connectivity index (χ3n) is 3.95. The van der Waals surface area contributed by atoms with Crippen molar-refractivity contribution in [2.75, 3.05) is 11.9 Å². The number of hydrogen-bond donors (Lipinski definition) is 1. The van der Waals surface area contributed by atoms with Crippen LogP contribution in [0, 0.1) is 6.92 Å². The minimum atomic E-state index is 0.190. The first-order valence-electron chi connectivity index (χ1n) is 7.13. The molecule has 1 amide bonds. The fourth-order valence-electron chi connectivity index (χ4n) is 2.64. The van der Waals surface area contributed by atoms with Gasteiger partial charge in [-0.15, -0.1) is 0 Å². The Morgan fingerprint density at radius 1 is 1.33 bits per heavy atom. The topological polar surface area (TPSA) is 58.4 Å². The number of carbonyl (C=O) groups excluding carboxylic acids is 1. The molecule has 0 bridgehead atoms. The average molecular weight is 285 g/mol. The first-order chi connectivity index (χ1) is 10.1. The quantitative estimate of drug-likeness (QED) is 0.935. The first-order valence-corrected chi connectivity index (χ1v) is 7.13. The van der Waals surface area contributed by atoms with Crippen molar-refractivity contribution in [3.05, 3.63) is 47.2 Å². The van der Waals surface area contributed by atoms with Gasteiger partial charge in [-0.3, -0.25) is 4.79 Å². The van der Waals surface area contributed by atoms with Gasteiger partial charge in [-0.05, 0) is 30.5 Å². The van der Waals surface area contributed by atoms with Crippen molar-refractivity contribution in [2.45, 2.75) is 32.9 Å². The van der Waals surface area contributed by atoms with Crippen molar-refractivity contribution in [2.24, 2.45) is 0 Å². The summed E-state index contributed by atoms with van der Waals surface area (Å²) in [6.45, 7) is 3.38. The number of carbonyl (C=O) groups is 1. The van der Waals surface area contributed by atoms with Crippen molar-refractivity contribution in [1.82, 2.24) is 10.3 Å². The largest absolute Gasteiger partial charge is 0.448 e. The Bertz CT molecular complexity index is 663. The normalized spacial score (nSPS) is 14.4. The van der Waals surface area contributed by atoms with Gasteiger partial charge in [0.2, 0.25) is 5.91 Å². The van der Waals surface area contributed by atoms with Crippen LogP contribution in [0.15, 0.2) is 29.0 Å². The summed E-state index contributed by atoms with van der Waals surface area (Å²) >= 11 is 0. The lowest BCUT2D eigenvalue weighted by Crippen LogP contribution is -2.31. The van der Waals surface area contributed by atoms with E-state index in [4.69, 9.17) is 4.42 Å². The van der Waals surface area contributed by atoms with Gasteiger partial charge < -0.3 is 14.6 Å². The Morgan fingerprint density at radius 3 is 2.95 bits per heavy atom. The van der Waals surface area contributed by atoms with E-state index in [-0.39, 0.29) is 5.91 Å². The number of amides is 1. The third-order valence-corrected chi connectivity index (χ3v) is 3.95. The molecule has 1 aliphatic rings. The van der Waals surface area contributed by atoms with Crippen LogP contribution in [0.5, 0.6) is 0 Å². The summed E-state index contributed by atoms with van der Waals surface area (Å²) in [5.74, 6) is 1.04. The molecule has 0 radical (unpaired) electrons. The van der Waals surface area contributed by atoms with Gasteiger partial charge in [0, 0.05) is 32.2 Å². The molecular formula is C16H19N3O2. The van der Waals surface area contributed by atoms with E-state index < -0.39 is 0 Å². The van der Waals surface area contributed by atoms with Gasteiger partial charge in [-0.2, -0.15) is 0 Å². The number of nitrogens with zero attached hydrogens (tertiary/aromatic N) is 2. The minimum absolute atomic E-state index is 0.190. The maximum Gasteiger partial charge on any atom is 0.227 e. The molecule has 3 rings (SSSR count). The highest BCUT2D eigenvalue weighted by Crippen LogP contribution is 2.27. The van der Waals surface area contributed by atoms with Crippen molar-refractivity contribution in [3.63, 3.8) is 0 Å². The van der Waals surface area contributed by atoms with Gasteiger partial charge in [0.1, 0.15) is 5.76 Å². The van der Waals surface area contributed by atoms with E-state index in [2.05, 4.69) is 22.4 Å². The molecular weight excluding hydrogens is 266 g/mol. The van der Waals surface area contributed by atoms with Gasteiger partial charge in [0.05, 0.1) is 5.69 Å². The number of oxazole rings is 1. The highest BCUT2D eigenvalue weighted by Gasteiger charge is 2.20. The van der Waals surface area contributed by atoms with E-state index in [9.17, 15) is 4.79 Å². The molecule has 0 saturated carbocycles. The molecule has 1 aliphatic heterocycles. The predicted molar refractivity (Wildman–Crippen MR) is 80.0 cm³/mol. The molecule has 110 valence electrons. The van der Waals surface area contributed by atoms with Gasteiger partial charge in [-0.25, -0.2) is 4.98 Å². The van der Waals surface area contributed by atoms with Crippen molar-refractivity contribution in [1.29, 1.82) is 0 Å². The summed E-state index contributed by atoms with van der Waals surface area (Å²) < 4.78 is 5.17. The maximum absolute atomic E-state index is 11.7. The lowest BCUT2D eigenvalue weighted by molar-refractivity contribution is -0.118. The zero-order chi connectivity index (χ0) is 14.8. The number of rotatable bonds is 4. The van der Waals surface area contributed by atoms with Crippen LogP contribution in [0.3, 0.4) is 0 Å². The van der Waals surface area contributed by atoms with Crippen LogP contribution in [0.2, 0.25) is 0 Å². The van der Waals surface area contributed by atoms with Crippen molar-refractivity contribution in [3.8, 4) is 0 Å². The number of fused-ring (bicyclic) bond motifs is 1. The SMILES string of the molecule is Cc1ocnc1CNCc1ccc2c(c1)CCC(=O)N2C. The van der Waals surface area contributed by atoms with E-state index in [1.165, 1.54) is 17.5 Å². The van der Waals surface area contributed by atoms with E-state index in [0.717, 1.165) is 30.1 Å².